The molecule has 0 saturated carbocycles. The molecule has 38 heavy (non-hydrogen) atoms. The van der Waals surface area contributed by atoms with Crippen molar-refractivity contribution in [1.29, 1.82) is 0 Å². The van der Waals surface area contributed by atoms with Gasteiger partial charge < -0.3 is 15.1 Å². The minimum absolute atomic E-state index is 0.00430. The molecule has 1 saturated heterocycles. The van der Waals surface area contributed by atoms with Gasteiger partial charge in [0.1, 0.15) is 5.82 Å². The number of carbonyl (C=O) groups excluding carboxylic acids is 2. The number of rotatable bonds is 7. The lowest BCUT2D eigenvalue weighted by molar-refractivity contribution is 0.0827. The summed E-state index contributed by atoms with van der Waals surface area (Å²) in [7, 11) is 3.47. The lowest BCUT2D eigenvalue weighted by atomic mass is 10.1. The van der Waals surface area contributed by atoms with Gasteiger partial charge in [0, 0.05) is 44.5 Å². The molecule has 0 unspecified atom stereocenters. The lowest BCUT2D eigenvalue weighted by Crippen LogP contribution is -2.33. The van der Waals surface area contributed by atoms with Crippen LogP contribution in [0, 0.1) is 0 Å². The van der Waals surface area contributed by atoms with E-state index in [0.29, 0.717) is 24.5 Å². The number of urea groups is 1. The highest BCUT2D eigenvalue weighted by atomic mass is 16.2. The molecule has 192 valence electrons. The van der Waals surface area contributed by atoms with E-state index < -0.39 is 0 Å². The van der Waals surface area contributed by atoms with Crippen LogP contribution in [-0.2, 0) is 0 Å². The first-order valence-electron chi connectivity index (χ1n) is 12.5. The first-order chi connectivity index (χ1) is 18.4. The van der Waals surface area contributed by atoms with Crippen molar-refractivity contribution >= 4 is 29.1 Å². The SMILES string of the molecule is C[C@@H](c1ccccc1)N1CCN(c2cncc(Nc3ccc(-c4ccc(C(=O)N(C)C)cc4)cn3)c2)C1=O. The Hall–Kier alpha value is -4.72. The Morgan fingerprint density at radius 2 is 1.66 bits per heavy atom. The molecule has 8 heteroatoms. The number of hydrogen-bond acceptors (Lipinski definition) is 5. The third-order valence-electron chi connectivity index (χ3n) is 6.73. The van der Waals surface area contributed by atoms with Gasteiger partial charge in [-0.2, -0.15) is 0 Å². The van der Waals surface area contributed by atoms with E-state index in [9.17, 15) is 9.59 Å². The standard InChI is InChI=1S/C30H30N6O2/c1-21(22-7-5-4-6-8-22)35-15-16-36(30(35)38)27-17-26(19-31-20-27)33-28-14-13-25(18-32-28)23-9-11-24(12-10-23)29(37)34(2)3/h4-14,17-21H,15-16H2,1-3H3,(H,32,33)/t21-/m0/s1. The van der Waals surface area contributed by atoms with Gasteiger partial charge in [-0.15, -0.1) is 0 Å². The Bertz CT molecular complexity index is 1420. The number of aromatic nitrogens is 2. The second-order valence-electron chi connectivity index (χ2n) is 9.48. The van der Waals surface area contributed by atoms with Crippen LogP contribution < -0.4 is 10.2 Å². The van der Waals surface area contributed by atoms with Crippen molar-refractivity contribution in [3.8, 4) is 11.1 Å². The fourth-order valence-corrected chi connectivity index (χ4v) is 4.56. The summed E-state index contributed by atoms with van der Waals surface area (Å²) in [5.41, 5.74) is 5.17. The average Bonchev–Trinajstić information content (AvgIpc) is 3.34. The van der Waals surface area contributed by atoms with E-state index in [4.69, 9.17) is 0 Å². The van der Waals surface area contributed by atoms with Crippen LogP contribution in [0.15, 0.2) is 91.4 Å². The van der Waals surface area contributed by atoms with E-state index in [-0.39, 0.29) is 18.0 Å². The summed E-state index contributed by atoms with van der Waals surface area (Å²) < 4.78 is 0. The summed E-state index contributed by atoms with van der Waals surface area (Å²) in [6.07, 6.45) is 5.21. The number of benzene rings is 2. The zero-order valence-corrected chi connectivity index (χ0v) is 21.7. The molecule has 1 atom stereocenters. The van der Waals surface area contributed by atoms with Crippen molar-refractivity contribution in [2.24, 2.45) is 0 Å². The molecule has 3 amide bonds. The summed E-state index contributed by atoms with van der Waals surface area (Å²) in [5, 5.41) is 3.28. The molecule has 8 nitrogen and oxygen atoms in total. The Kier molecular flexibility index (Phi) is 7.04. The molecular formula is C30H30N6O2. The Labute approximate surface area is 222 Å². The summed E-state index contributed by atoms with van der Waals surface area (Å²) >= 11 is 0. The third-order valence-corrected chi connectivity index (χ3v) is 6.73. The first-order valence-corrected chi connectivity index (χ1v) is 12.5. The lowest BCUT2D eigenvalue weighted by Gasteiger charge is -2.25. The minimum atomic E-state index is -0.0286. The number of anilines is 3. The molecule has 0 bridgehead atoms. The second kappa shape index (κ2) is 10.7. The van der Waals surface area contributed by atoms with E-state index in [1.807, 2.05) is 77.7 Å². The van der Waals surface area contributed by atoms with Gasteiger partial charge in [0.25, 0.3) is 5.91 Å². The van der Waals surface area contributed by atoms with Gasteiger partial charge in [-0.05, 0) is 48.4 Å². The van der Waals surface area contributed by atoms with Gasteiger partial charge in [0.05, 0.1) is 29.8 Å². The fraction of sp³-hybridized carbons (Fsp3) is 0.200. The molecule has 2 aromatic heterocycles. The molecule has 3 heterocycles. The predicted octanol–water partition coefficient (Wildman–Crippen LogP) is 5.59. The third kappa shape index (κ3) is 5.20. The fourth-order valence-electron chi connectivity index (χ4n) is 4.56. The molecule has 2 aromatic carbocycles. The van der Waals surface area contributed by atoms with Crippen LogP contribution in [0.3, 0.4) is 0 Å². The number of amides is 3. The smallest absolute Gasteiger partial charge is 0.325 e. The van der Waals surface area contributed by atoms with E-state index in [1.165, 1.54) is 0 Å². The van der Waals surface area contributed by atoms with Crippen molar-refractivity contribution in [3.63, 3.8) is 0 Å². The Morgan fingerprint density at radius 3 is 2.34 bits per heavy atom. The maximum absolute atomic E-state index is 13.2. The van der Waals surface area contributed by atoms with E-state index >= 15 is 0 Å². The highest BCUT2D eigenvalue weighted by Gasteiger charge is 2.33. The van der Waals surface area contributed by atoms with Crippen LogP contribution in [0.4, 0.5) is 22.0 Å². The van der Waals surface area contributed by atoms with Gasteiger partial charge >= 0.3 is 6.03 Å². The number of nitrogens with zero attached hydrogens (tertiary/aromatic N) is 5. The van der Waals surface area contributed by atoms with Crippen LogP contribution in [0.25, 0.3) is 11.1 Å². The van der Waals surface area contributed by atoms with Gasteiger partial charge in [-0.1, -0.05) is 42.5 Å². The Morgan fingerprint density at radius 1 is 0.921 bits per heavy atom. The topological polar surface area (TPSA) is 81.7 Å². The Balaban J connectivity index is 1.25. The van der Waals surface area contributed by atoms with Gasteiger partial charge in [0.15, 0.2) is 0 Å². The highest BCUT2D eigenvalue weighted by molar-refractivity contribution is 5.95. The van der Waals surface area contributed by atoms with E-state index in [1.54, 1.807) is 42.5 Å². The quantitative estimate of drug-likeness (QED) is 0.353. The van der Waals surface area contributed by atoms with Crippen LogP contribution in [-0.4, -0.2) is 58.9 Å². The summed E-state index contributed by atoms with van der Waals surface area (Å²) in [6, 6.07) is 23.3. The number of hydrogen-bond donors (Lipinski definition) is 1. The normalized spacial score (nSPS) is 13.9. The van der Waals surface area contributed by atoms with Gasteiger partial charge in [-0.25, -0.2) is 9.78 Å². The van der Waals surface area contributed by atoms with Crippen molar-refractivity contribution < 1.29 is 9.59 Å². The zero-order valence-electron chi connectivity index (χ0n) is 21.7. The van der Waals surface area contributed by atoms with Crippen LogP contribution in [0.1, 0.15) is 28.9 Å². The van der Waals surface area contributed by atoms with Crippen molar-refractivity contribution in [1.82, 2.24) is 19.8 Å². The average molecular weight is 507 g/mol. The minimum Gasteiger partial charge on any atom is -0.345 e. The molecular weight excluding hydrogens is 476 g/mol. The molecule has 0 radical (unpaired) electrons. The number of carbonyl (C=O) groups is 2. The van der Waals surface area contributed by atoms with Crippen molar-refractivity contribution in [2.45, 2.75) is 13.0 Å². The van der Waals surface area contributed by atoms with E-state index in [2.05, 4.69) is 22.2 Å². The molecule has 1 fully saturated rings. The molecule has 0 spiro atoms. The molecule has 4 aromatic rings. The summed E-state index contributed by atoms with van der Waals surface area (Å²) in [4.78, 5) is 39.4. The first kappa shape index (κ1) is 25.0. The maximum atomic E-state index is 13.2. The monoisotopic (exact) mass is 506 g/mol. The predicted molar refractivity (Wildman–Crippen MR) is 150 cm³/mol. The molecule has 5 rings (SSSR count). The van der Waals surface area contributed by atoms with Crippen LogP contribution in [0.5, 0.6) is 0 Å². The molecule has 1 aliphatic heterocycles. The van der Waals surface area contributed by atoms with Crippen molar-refractivity contribution in [3.05, 3.63) is 103 Å². The second-order valence-corrected chi connectivity index (χ2v) is 9.48. The highest BCUT2D eigenvalue weighted by Crippen LogP contribution is 2.29. The van der Waals surface area contributed by atoms with Crippen LogP contribution >= 0.6 is 0 Å². The molecule has 1 N–H and O–H groups in total. The van der Waals surface area contributed by atoms with Crippen molar-refractivity contribution in [2.75, 3.05) is 37.4 Å². The number of pyridine rings is 2. The van der Waals surface area contributed by atoms with Gasteiger partial charge in [0.2, 0.25) is 0 Å². The largest absolute Gasteiger partial charge is 0.345 e. The zero-order chi connectivity index (χ0) is 26.6. The molecule has 0 aliphatic carbocycles. The van der Waals surface area contributed by atoms with Crippen LogP contribution in [0.2, 0.25) is 0 Å². The summed E-state index contributed by atoms with van der Waals surface area (Å²) in [5.74, 6) is 0.637. The number of nitrogens with one attached hydrogen (secondary N) is 1. The van der Waals surface area contributed by atoms with Gasteiger partial charge in [-0.3, -0.25) is 14.7 Å². The maximum Gasteiger partial charge on any atom is 0.325 e. The molecule has 1 aliphatic rings. The summed E-state index contributed by atoms with van der Waals surface area (Å²) in [6.45, 7) is 3.31. The van der Waals surface area contributed by atoms with E-state index in [0.717, 1.165) is 28.1 Å².